The van der Waals surface area contributed by atoms with E-state index in [0.717, 1.165) is 16.7 Å². The number of hydrogen-bond acceptors (Lipinski definition) is 7. The van der Waals surface area contributed by atoms with Crippen LogP contribution in [0.3, 0.4) is 0 Å². The zero-order chi connectivity index (χ0) is 28.3. The lowest BCUT2D eigenvalue weighted by atomic mass is 10.1. The molecule has 2 amide bonds. The largest absolute Gasteiger partial charge is 0.493 e. The molecular weight excluding hydrogens is 482 g/mol. The Balaban J connectivity index is 0.00000118. The van der Waals surface area contributed by atoms with Crippen molar-refractivity contribution in [2.45, 2.75) is 59.7 Å². The summed E-state index contributed by atoms with van der Waals surface area (Å²) in [6.07, 6.45) is 5.51. The molecule has 0 saturated heterocycles. The maximum Gasteiger partial charge on any atom is 0.246 e. The molecule has 0 spiro atoms. The number of rotatable bonds is 8. The van der Waals surface area contributed by atoms with Crippen LogP contribution in [0, 0.1) is 17.2 Å². The highest BCUT2D eigenvalue weighted by Gasteiger charge is 2.30. The maximum atomic E-state index is 12.8. The molecule has 0 unspecified atom stereocenters. The zero-order valence-corrected chi connectivity index (χ0v) is 23.4. The van der Waals surface area contributed by atoms with Gasteiger partial charge in [0, 0.05) is 50.0 Å². The molecule has 0 saturated carbocycles. The molecule has 2 N–H and O–H groups in total. The van der Waals surface area contributed by atoms with Gasteiger partial charge in [-0.25, -0.2) is 4.98 Å². The molecule has 0 atom stereocenters. The number of anilines is 1. The third-order valence-electron chi connectivity index (χ3n) is 5.71. The van der Waals surface area contributed by atoms with Gasteiger partial charge < -0.3 is 19.7 Å². The molecule has 9 nitrogen and oxygen atoms in total. The quantitative estimate of drug-likeness (QED) is 0.490. The van der Waals surface area contributed by atoms with Gasteiger partial charge in [-0.2, -0.15) is 5.26 Å². The molecule has 204 valence electrons. The molecule has 0 fully saturated rings. The normalized spacial score (nSPS) is 13.9. The van der Waals surface area contributed by atoms with Gasteiger partial charge in [-0.1, -0.05) is 32.9 Å². The number of para-hydroxylation sites is 1. The predicted molar refractivity (Wildman–Crippen MR) is 149 cm³/mol. The number of aromatic nitrogens is 1. The Bertz CT molecular complexity index is 1180. The summed E-state index contributed by atoms with van der Waals surface area (Å²) in [6.45, 7) is 11.1. The number of nitrogens with one attached hydrogen (secondary N) is 2. The number of methoxy groups -OCH3 is 1. The Labute approximate surface area is 225 Å². The van der Waals surface area contributed by atoms with Gasteiger partial charge in [-0.15, -0.1) is 0 Å². The standard InChI is InChI=1S/C26H34N4O4.C3H5N/c1-17(2)16-34-23-19(8-7-9-21(23)33-6)15-30(5)22(31)11-10-18-12-20-14-28-26(3,4)25(32)29-24(20)27-13-18;1-2-3-4/h7-13,17,28H,14-16H2,1-6H3,(H,27,29,32);2H2,1H3/b11-10+;. The second kappa shape index (κ2) is 14.1. The smallest absolute Gasteiger partial charge is 0.246 e. The number of pyridine rings is 1. The number of carbonyl (C=O) groups excluding carboxylic acids is 2. The summed E-state index contributed by atoms with van der Waals surface area (Å²) in [5.74, 6) is 1.93. The molecule has 38 heavy (non-hydrogen) atoms. The van der Waals surface area contributed by atoms with Gasteiger partial charge in [0.05, 0.1) is 25.3 Å². The molecule has 1 aliphatic rings. The van der Waals surface area contributed by atoms with E-state index in [1.54, 1.807) is 31.3 Å². The van der Waals surface area contributed by atoms with Gasteiger partial charge in [0.25, 0.3) is 0 Å². The molecule has 2 aromatic rings. The number of benzene rings is 1. The maximum absolute atomic E-state index is 12.8. The summed E-state index contributed by atoms with van der Waals surface area (Å²) in [5, 5.41) is 13.7. The monoisotopic (exact) mass is 521 g/mol. The minimum absolute atomic E-state index is 0.131. The van der Waals surface area contributed by atoms with Crippen molar-refractivity contribution in [3.63, 3.8) is 0 Å². The lowest BCUT2D eigenvalue weighted by Gasteiger charge is -2.21. The van der Waals surface area contributed by atoms with Crippen LogP contribution in [0.1, 0.15) is 57.7 Å². The Morgan fingerprint density at radius 2 is 2.05 bits per heavy atom. The SMILES string of the molecule is CCC#N.COc1cccc(CN(C)C(=O)/C=C/c2cnc3c(c2)CNC(C)(C)C(=O)N3)c1OCC(C)C. The van der Waals surface area contributed by atoms with Crippen LogP contribution >= 0.6 is 0 Å². The van der Waals surface area contributed by atoms with Crippen molar-refractivity contribution in [2.75, 3.05) is 26.1 Å². The molecule has 2 heterocycles. The molecule has 1 aromatic heterocycles. The second-order valence-electron chi connectivity index (χ2n) is 9.90. The summed E-state index contributed by atoms with van der Waals surface area (Å²) in [6, 6.07) is 9.52. The Morgan fingerprint density at radius 3 is 2.68 bits per heavy atom. The fraction of sp³-hybridized carbons (Fsp3) is 0.448. The first kappa shape index (κ1) is 30.3. The van der Waals surface area contributed by atoms with Crippen molar-refractivity contribution in [1.29, 1.82) is 5.26 Å². The highest BCUT2D eigenvalue weighted by molar-refractivity contribution is 5.98. The number of carbonyl (C=O) groups is 2. The number of likely N-dealkylation sites (N-methyl/N-ethyl adjacent to an activating group) is 1. The molecule has 3 rings (SSSR count). The van der Waals surface area contributed by atoms with Gasteiger partial charge in [0.15, 0.2) is 11.5 Å². The van der Waals surface area contributed by atoms with Gasteiger partial charge in [-0.05, 0) is 43.5 Å². The predicted octanol–water partition coefficient (Wildman–Crippen LogP) is 4.54. The molecule has 9 heteroatoms. The lowest BCUT2D eigenvalue weighted by Crippen LogP contribution is -2.47. The first-order chi connectivity index (χ1) is 18.0. The Hall–Kier alpha value is -3.90. The third kappa shape index (κ3) is 8.60. The van der Waals surface area contributed by atoms with E-state index in [9.17, 15) is 9.59 Å². The van der Waals surface area contributed by atoms with Gasteiger partial charge in [0.2, 0.25) is 11.8 Å². The minimum Gasteiger partial charge on any atom is -0.493 e. The van der Waals surface area contributed by atoms with Gasteiger partial charge in [-0.3, -0.25) is 14.9 Å². The van der Waals surface area contributed by atoms with Gasteiger partial charge >= 0.3 is 0 Å². The van der Waals surface area contributed by atoms with Crippen LogP contribution in [0.15, 0.2) is 36.5 Å². The molecule has 0 bridgehead atoms. The molecule has 0 aliphatic carbocycles. The van der Waals surface area contributed by atoms with Crippen LogP contribution in [0.5, 0.6) is 11.5 Å². The summed E-state index contributed by atoms with van der Waals surface area (Å²) in [5.41, 5.74) is 1.83. The fourth-order valence-corrected chi connectivity index (χ4v) is 3.42. The first-order valence-electron chi connectivity index (χ1n) is 12.7. The molecule has 1 aromatic carbocycles. The number of amides is 2. The fourth-order valence-electron chi connectivity index (χ4n) is 3.42. The lowest BCUT2D eigenvalue weighted by molar-refractivity contribution is -0.125. The Kier molecular flexibility index (Phi) is 11.3. The molecular formula is C29H39N5O4. The van der Waals surface area contributed by atoms with Crippen molar-refractivity contribution in [2.24, 2.45) is 5.92 Å². The van der Waals surface area contributed by atoms with E-state index in [1.807, 2.05) is 51.1 Å². The van der Waals surface area contributed by atoms with Crippen molar-refractivity contribution in [3.05, 3.63) is 53.2 Å². The number of nitrogens with zero attached hydrogens (tertiary/aromatic N) is 3. The van der Waals surface area contributed by atoms with Crippen LogP contribution in [0.4, 0.5) is 5.82 Å². The van der Waals surface area contributed by atoms with Gasteiger partial charge in [0.1, 0.15) is 5.82 Å². The van der Waals surface area contributed by atoms with E-state index in [2.05, 4.69) is 29.5 Å². The van der Waals surface area contributed by atoms with Crippen molar-refractivity contribution >= 4 is 23.7 Å². The Morgan fingerprint density at radius 1 is 1.34 bits per heavy atom. The average molecular weight is 522 g/mol. The summed E-state index contributed by atoms with van der Waals surface area (Å²) < 4.78 is 11.4. The third-order valence-corrected chi connectivity index (χ3v) is 5.71. The summed E-state index contributed by atoms with van der Waals surface area (Å²) in [7, 11) is 3.35. The summed E-state index contributed by atoms with van der Waals surface area (Å²) in [4.78, 5) is 31.1. The van der Waals surface area contributed by atoms with E-state index in [-0.39, 0.29) is 11.8 Å². The summed E-state index contributed by atoms with van der Waals surface area (Å²) >= 11 is 0. The van der Waals surface area contributed by atoms with Crippen LogP contribution in [-0.2, 0) is 22.7 Å². The number of nitriles is 1. The number of ether oxygens (including phenoxy) is 2. The molecule has 0 radical (unpaired) electrons. The average Bonchev–Trinajstić information content (AvgIpc) is 3.01. The van der Waals surface area contributed by atoms with Crippen LogP contribution in [0.25, 0.3) is 6.08 Å². The molecule has 1 aliphatic heterocycles. The number of fused-ring (bicyclic) bond motifs is 1. The van der Waals surface area contributed by atoms with Crippen LogP contribution < -0.4 is 20.1 Å². The van der Waals surface area contributed by atoms with Crippen LogP contribution in [-0.4, -0.2) is 48.0 Å². The first-order valence-corrected chi connectivity index (χ1v) is 12.7. The minimum atomic E-state index is -0.687. The van der Waals surface area contributed by atoms with Crippen molar-refractivity contribution in [3.8, 4) is 17.6 Å². The topological polar surface area (TPSA) is 117 Å². The van der Waals surface area contributed by atoms with Crippen molar-refractivity contribution in [1.82, 2.24) is 15.2 Å². The van der Waals surface area contributed by atoms with Crippen LogP contribution in [0.2, 0.25) is 0 Å². The van der Waals surface area contributed by atoms with E-state index < -0.39 is 5.54 Å². The van der Waals surface area contributed by atoms with E-state index in [0.29, 0.717) is 49.4 Å². The van der Waals surface area contributed by atoms with E-state index >= 15 is 0 Å². The highest BCUT2D eigenvalue weighted by atomic mass is 16.5. The zero-order valence-electron chi connectivity index (χ0n) is 23.4. The number of hydrogen-bond donors (Lipinski definition) is 2. The van der Waals surface area contributed by atoms with Crippen molar-refractivity contribution < 1.29 is 19.1 Å². The van der Waals surface area contributed by atoms with E-state index in [1.165, 1.54) is 6.08 Å². The van der Waals surface area contributed by atoms with E-state index in [4.69, 9.17) is 14.7 Å². The second-order valence-corrected chi connectivity index (χ2v) is 9.90. The highest BCUT2D eigenvalue weighted by Crippen LogP contribution is 2.32.